The van der Waals surface area contributed by atoms with Crippen molar-refractivity contribution in [2.24, 2.45) is 0 Å². The molecule has 132 valence electrons. The van der Waals surface area contributed by atoms with Crippen LogP contribution in [0.15, 0.2) is 48.5 Å². The largest absolute Gasteiger partial charge is 0.494 e. The molecule has 0 aromatic heterocycles. The van der Waals surface area contributed by atoms with Gasteiger partial charge >= 0.3 is 5.97 Å². The zero-order chi connectivity index (χ0) is 18.2. The lowest BCUT2D eigenvalue weighted by Gasteiger charge is -2.14. The zero-order valence-corrected chi connectivity index (χ0v) is 14.7. The Kier molecular flexibility index (Phi) is 6.57. The molecule has 5 nitrogen and oxygen atoms in total. The third-order valence-corrected chi connectivity index (χ3v) is 3.69. The van der Waals surface area contributed by atoms with Gasteiger partial charge in [0.1, 0.15) is 5.75 Å². The predicted molar refractivity (Wildman–Crippen MR) is 95.6 cm³/mol. The minimum atomic E-state index is -0.541. The van der Waals surface area contributed by atoms with Crippen LogP contribution in [0.3, 0.4) is 0 Å². The van der Waals surface area contributed by atoms with Gasteiger partial charge in [0.2, 0.25) is 0 Å². The van der Waals surface area contributed by atoms with Crippen LogP contribution in [0.5, 0.6) is 5.75 Å². The van der Waals surface area contributed by atoms with Crippen LogP contribution in [-0.2, 0) is 9.53 Å². The van der Waals surface area contributed by atoms with Gasteiger partial charge in [-0.3, -0.25) is 4.79 Å². The molecule has 0 bridgehead atoms. The Morgan fingerprint density at radius 3 is 2.28 bits per heavy atom. The maximum atomic E-state index is 12.0. The van der Waals surface area contributed by atoms with Gasteiger partial charge in [-0.2, -0.15) is 0 Å². The molecule has 2 aromatic carbocycles. The van der Waals surface area contributed by atoms with Crippen LogP contribution in [0.4, 0.5) is 0 Å². The summed E-state index contributed by atoms with van der Waals surface area (Å²) < 4.78 is 10.4. The van der Waals surface area contributed by atoms with E-state index in [2.05, 4.69) is 5.32 Å². The van der Waals surface area contributed by atoms with Crippen molar-refractivity contribution in [3.05, 3.63) is 65.2 Å². The smallest absolute Gasteiger partial charge is 0.338 e. The molecule has 2 rings (SSSR count). The Balaban J connectivity index is 1.82. The second-order valence-corrected chi connectivity index (χ2v) is 5.73. The molecule has 0 heterocycles. The average molecular weight is 341 g/mol. The summed E-state index contributed by atoms with van der Waals surface area (Å²) in [5, 5.41) is 2.81. The lowest BCUT2D eigenvalue weighted by Crippen LogP contribution is -2.31. The zero-order valence-electron chi connectivity index (χ0n) is 14.7. The van der Waals surface area contributed by atoms with Gasteiger partial charge in [-0.1, -0.05) is 29.8 Å². The molecule has 0 saturated carbocycles. The van der Waals surface area contributed by atoms with Crippen LogP contribution in [0, 0.1) is 6.92 Å². The van der Waals surface area contributed by atoms with E-state index in [1.807, 2.05) is 45.0 Å². The highest BCUT2D eigenvalue weighted by Crippen LogP contribution is 2.14. The first-order valence-corrected chi connectivity index (χ1v) is 8.25. The number of ether oxygens (including phenoxy) is 2. The lowest BCUT2D eigenvalue weighted by molar-refractivity contribution is -0.124. The highest BCUT2D eigenvalue weighted by molar-refractivity contribution is 5.91. The molecule has 5 heteroatoms. The molecular formula is C20H23NO4. The van der Waals surface area contributed by atoms with Crippen LogP contribution in [0.1, 0.15) is 41.4 Å². The van der Waals surface area contributed by atoms with E-state index in [9.17, 15) is 9.59 Å². The van der Waals surface area contributed by atoms with E-state index in [1.165, 1.54) is 0 Å². The summed E-state index contributed by atoms with van der Waals surface area (Å²) >= 11 is 0. The molecular weight excluding hydrogens is 318 g/mol. The number of aryl methyl sites for hydroxylation is 1. The Hall–Kier alpha value is -2.82. The Labute approximate surface area is 148 Å². The molecule has 0 radical (unpaired) electrons. The summed E-state index contributed by atoms with van der Waals surface area (Å²) in [6.07, 6.45) is 0. The predicted octanol–water partition coefficient (Wildman–Crippen LogP) is 3.43. The molecule has 0 aliphatic rings. The van der Waals surface area contributed by atoms with Crippen LogP contribution in [-0.4, -0.2) is 25.1 Å². The van der Waals surface area contributed by atoms with Crippen LogP contribution in [0.2, 0.25) is 0 Å². The first kappa shape index (κ1) is 18.5. The van der Waals surface area contributed by atoms with Gasteiger partial charge in [-0.05, 0) is 50.6 Å². The highest BCUT2D eigenvalue weighted by atomic mass is 16.5. The summed E-state index contributed by atoms with van der Waals surface area (Å²) in [7, 11) is 0. The van der Waals surface area contributed by atoms with Gasteiger partial charge in [0.15, 0.2) is 6.61 Å². The third-order valence-electron chi connectivity index (χ3n) is 3.69. The number of amides is 1. The van der Waals surface area contributed by atoms with Gasteiger partial charge in [-0.25, -0.2) is 4.79 Å². The molecule has 25 heavy (non-hydrogen) atoms. The van der Waals surface area contributed by atoms with Crippen molar-refractivity contribution in [3.8, 4) is 5.75 Å². The van der Waals surface area contributed by atoms with Crippen LogP contribution < -0.4 is 10.1 Å². The van der Waals surface area contributed by atoms with Crippen molar-refractivity contribution in [1.82, 2.24) is 5.32 Å². The lowest BCUT2D eigenvalue weighted by atomic mass is 10.1. The van der Waals surface area contributed by atoms with Gasteiger partial charge in [0.05, 0.1) is 18.2 Å². The standard InChI is InChI=1S/C20H23NO4/c1-4-24-18-11-9-17(10-12-18)20(23)25-13-19(22)21-15(3)16-7-5-14(2)6-8-16/h5-12,15H,4,13H2,1-3H3,(H,21,22). The van der Waals surface area contributed by atoms with Gasteiger partial charge in [0, 0.05) is 0 Å². The maximum absolute atomic E-state index is 12.0. The van der Waals surface area contributed by atoms with E-state index in [1.54, 1.807) is 24.3 Å². The number of nitrogens with one attached hydrogen (secondary N) is 1. The number of benzene rings is 2. The third kappa shape index (κ3) is 5.64. The second kappa shape index (κ2) is 8.87. The molecule has 1 N–H and O–H groups in total. The minimum Gasteiger partial charge on any atom is -0.494 e. The molecule has 0 spiro atoms. The van der Waals surface area contributed by atoms with Gasteiger partial charge < -0.3 is 14.8 Å². The fraction of sp³-hybridized carbons (Fsp3) is 0.300. The average Bonchev–Trinajstić information content (AvgIpc) is 2.61. The van der Waals surface area contributed by atoms with Crippen LogP contribution >= 0.6 is 0 Å². The summed E-state index contributed by atoms with van der Waals surface area (Å²) in [5.74, 6) is -0.197. The van der Waals surface area contributed by atoms with E-state index in [0.29, 0.717) is 17.9 Å². The van der Waals surface area contributed by atoms with Gasteiger partial charge in [-0.15, -0.1) is 0 Å². The molecule has 2 aromatic rings. The summed E-state index contributed by atoms with van der Waals surface area (Å²) in [5.41, 5.74) is 2.53. The first-order valence-electron chi connectivity index (χ1n) is 8.25. The monoisotopic (exact) mass is 341 g/mol. The Bertz CT molecular complexity index is 707. The SMILES string of the molecule is CCOc1ccc(C(=O)OCC(=O)NC(C)c2ccc(C)cc2)cc1. The highest BCUT2D eigenvalue weighted by Gasteiger charge is 2.13. The van der Waals surface area contributed by atoms with E-state index in [4.69, 9.17) is 9.47 Å². The summed E-state index contributed by atoms with van der Waals surface area (Å²) in [6, 6.07) is 14.4. The molecule has 1 atom stereocenters. The quantitative estimate of drug-likeness (QED) is 0.784. The molecule has 1 amide bonds. The van der Waals surface area contributed by atoms with E-state index in [0.717, 1.165) is 11.1 Å². The van der Waals surface area contributed by atoms with Crippen molar-refractivity contribution in [1.29, 1.82) is 0 Å². The summed E-state index contributed by atoms with van der Waals surface area (Å²) in [4.78, 5) is 23.9. The second-order valence-electron chi connectivity index (χ2n) is 5.73. The number of esters is 1. The molecule has 0 fully saturated rings. The number of carbonyl (C=O) groups is 2. The number of hydrogen-bond acceptors (Lipinski definition) is 4. The topological polar surface area (TPSA) is 64.6 Å². The maximum Gasteiger partial charge on any atom is 0.338 e. The molecule has 1 unspecified atom stereocenters. The molecule has 0 aliphatic carbocycles. The molecule has 0 saturated heterocycles. The normalized spacial score (nSPS) is 11.5. The Morgan fingerprint density at radius 1 is 1.04 bits per heavy atom. The van der Waals surface area contributed by atoms with Gasteiger partial charge in [0.25, 0.3) is 5.91 Å². The number of hydrogen-bond donors (Lipinski definition) is 1. The van der Waals surface area contributed by atoms with E-state index >= 15 is 0 Å². The molecule has 0 aliphatic heterocycles. The Morgan fingerprint density at radius 2 is 1.68 bits per heavy atom. The van der Waals surface area contributed by atoms with E-state index < -0.39 is 5.97 Å². The van der Waals surface area contributed by atoms with Crippen molar-refractivity contribution in [2.75, 3.05) is 13.2 Å². The fourth-order valence-electron chi connectivity index (χ4n) is 2.29. The van der Waals surface area contributed by atoms with Crippen molar-refractivity contribution < 1.29 is 19.1 Å². The van der Waals surface area contributed by atoms with Crippen molar-refractivity contribution >= 4 is 11.9 Å². The fourth-order valence-corrected chi connectivity index (χ4v) is 2.29. The van der Waals surface area contributed by atoms with Crippen molar-refractivity contribution in [2.45, 2.75) is 26.8 Å². The van der Waals surface area contributed by atoms with Crippen LogP contribution in [0.25, 0.3) is 0 Å². The van der Waals surface area contributed by atoms with E-state index in [-0.39, 0.29) is 18.6 Å². The number of rotatable bonds is 7. The summed E-state index contributed by atoms with van der Waals surface area (Å²) in [6.45, 7) is 6.02. The van der Waals surface area contributed by atoms with Crippen molar-refractivity contribution in [3.63, 3.8) is 0 Å². The number of carbonyl (C=O) groups excluding carboxylic acids is 2. The first-order chi connectivity index (χ1) is 12.0. The minimum absolute atomic E-state index is 0.155.